The van der Waals surface area contributed by atoms with Gasteiger partial charge >= 0.3 is 0 Å². The second-order valence-corrected chi connectivity index (χ2v) is 4.98. The predicted molar refractivity (Wildman–Crippen MR) is 72.0 cm³/mol. The Labute approximate surface area is 113 Å². The molecule has 1 fully saturated rings. The Morgan fingerprint density at radius 2 is 1.89 bits per heavy atom. The number of hydrogen-bond acceptors (Lipinski definition) is 5. The molecule has 5 heteroatoms. The molecule has 1 aromatic carbocycles. The van der Waals surface area contributed by atoms with Crippen molar-refractivity contribution in [3.8, 4) is 11.5 Å². The van der Waals surface area contributed by atoms with E-state index >= 15 is 0 Å². The lowest BCUT2D eigenvalue weighted by atomic mass is 9.99. The molecule has 19 heavy (non-hydrogen) atoms. The van der Waals surface area contributed by atoms with E-state index in [1.54, 1.807) is 14.2 Å². The van der Waals surface area contributed by atoms with E-state index in [1.165, 1.54) is 24.8 Å². The van der Waals surface area contributed by atoms with E-state index in [0.29, 0.717) is 11.8 Å². The first-order valence-corrected chi connectivity index (χ1v) is 6.77. The normalized spacial score (nSPS) is 21.4. The molecule has 0 radical (unpaired) electrons. The zero-order valence-corrected chi connectivity index (χ0v) is 11.4. The van der Waals surface area contributed by atoms with Gasteiger partial charge in [0.05, 0.1) is 25.9 Å². The van der Waals surface area contributed by atoms with Crippen LogP contribution in [0.1, 0.15) is 37.3 Å². The zero-order valence-electron chi connectivity index (χ0n) is 11.4. The molecule has 0 spiro atoms. The summed E-state index contributed by atoms with van der Waals surface area (Å²) in [5, 5.41) is 10.8. The highest BCUT2D eigenvalue weighted by molar-refractivity contribution is 5.58. The molecule has 1 saturated heterocycles. The Bertz CT molecular complexity index is 502. The molecule has 5 nitrogen and oxygen atoms in total. The quantitative estimate of drug-likeness (QED) is 0.816. The van der Waals surface area contributed by atoms with E-state index < -0.39 is 0 Å². The number of benzene rings is 1. The van der Waals surface area contributed by atoms with Crippen LogP contribution in [0.25, 0.3) is 0 Å². The van der Waals surface area contributed by atoms with Crippen molar-refractivity contribution in [2.24, 2.45) is 10.3 Å². The zero-order chi connectivity index (χ0) is 13.2. The first-order chi connectivity index (χ1) is 9.33. The number of rotatable bonds is 2. The highest BCUT2D eigenvalue weighted by Gasteiger charge is 2.28. The Hall–Kier alpha value is -1.78. The summed E-state index contributed by atoms with van der Waals surface area (Å²) in [6, 6.07) is 4.30. The van der Waals surface area contributed by atoms with Gasteiger partial charge < -0.3 is 9.47 Å². The summed E-state index contributed by atoms with van der Waals surface area (Å²) < 4.78 is 10.7. The third kappa shape index (κ3) is 2.13. The van der Waals surface area contributed by atoms with Gasteiger partial charge in [-0.3, -0.25) is 5.01 Å². The average Bonchev–Trinajstić information content (AvgIpc) is 2.70. The standard InChI is InChI=1S/C14H19N3O2/c1-18-13-8-10-11(9-14(13)19-2)15-16-17-7-5-3-4-6-12(10)17/h8-9,12H,3-7H2,1-2H3. The van der Waals surface area contributed by atoms with Crippen molar-refractivity contribution in [1.29, 1.82) is 0 Å². The second-order valence-electron chi connectivity index (χ2n) is 4.98. The van der Waals surface area contributed by atoms with Crippen LogP contribution in [-0.2, 0) is 0 Å². The third-order valence-corrected chi connectivity index (χ3v) is 3.88. The molecule has 3 rings (SSSR count). The van der Waals surface area contributed by atoms with E-state index in [1.807, 2.05) is 6.07 Å². The predicted octanol–water partition coefficient (Wildman–Crippen LogP) is 3.63. The van der Waals surface area contributed by atoms with Gasteiger partial charge in [0.2, 0.25) is 0 Å². The van der Waals surface area contributed by atoms with Crippen LogP contribution in [0.3, 0.4) is 0 Å². The summed E-state index contributed by atoms with van der Waals surface area (Å²) in [6.07, 6.45) is 4.83. The minimum atomic E-state index is 0.329. The molecule has 102 valence electrons. The van der Waals surface area contributed by atoms with Gasteiger partial charge in [0, 0.05) is 18.2 Å². The third-order valence-electron chi connectivity index (χ3n) is 3.88. The van der Waals surface area contributed by atoms with Gasteiger partial charge in [-0.15, -0.1) is 5.11 Å². The highest BCUT2D eigenvalue weighted by Crippen LogP contribution is 2.44. The van der Waals surface area contributed by atoms with Crippen LogP contribution < -0.4 is 9.47 Å². The molecule has 1 aromatic rings. The minimum absolute atomic E-state index is 0.329. The first-order valence-electron chi connectivity index (χ1n) is 6.77. The molecule has 1 atom stereocenters. The Morgan fingerprint density at radius 1 is 1.11 bits per heavy atom. The number of nitrogens with zero attached hydrogens (tertiary/aromatic N) is 3. The summed E-state index contributed by atoms with van der Waals surface area (Å²) in [5.41, 5.74) is 2.11. The molecule has 2 aliphatic heterocycles. The molecule has 2 heterocycles. The second kappa shape index (κ2) is 5.07. The molecule has 0 aromatic heterocycles. The van der Waals surface area contributed by atoms with Gasteiger partial charge in [0.1, 0.15) is 0 Å². The van der Waals surface area contributed by atoms with Crippen LogP contribution in [0.2, 0.25) is 0 Å². The fraction of sp³-hybridized carbons (Fsp3) is 0.571. The molecule has 1 unspecified atom stereocenters. The molecule has 2 aliphatic rings. The van der Waals surface area contributed by atoms with E-state index in [-0.39, 0.29) is 0 Å². The lowest BCUT2D eigenvalue weighted by molar-refractivity contribution is 0.187. The van der Waals surface area contributed by atoms with Crippen LogP contribution >= 0.6 is 0 Å². The van der Waals surface area contributed by atoms with Crippen LogP contribution in [0, 0.1) is 0 Å². The van der Waals surface area contributed by atoms with Crippen LogP contribution in [0.15, 0.2) is 22.5 Å². The Kier molecular flexibility index (Phi) is 3.27. The Morgan fingerprint density at radius 3 is 2.68 bits per heavy atom. The van der Waals surface area contributed by atoms with Crippen molar-refractivity contribution >= 4 is 5.69 Å². The van der Waals surface area contributed by atoms with Crippen LogP contribution in [0.4, 0.5) is 5.69 Å². The Balaban J connectivity index is 2.04. The molecule has 0 amide bonds. The number of hydrogen-bond donors (Lipinski definition) is 0. The smallest absolute Gasteiger partial charge is 0.162 e. The van der Waals surface area contributed by atoms with Crippen molar-refractivity contribution in [1.82, 2.24) is 5.01 Å². The summed E-state index contributed by atoms with van der Waals surface area (Å²) in [6.45, 7) is 0.988. The molecule has 0 aliphatic carbocycles. The largest absolute Gasteiger partial charge is 0.493 e. The number of methoxy groups -OCH3 is 2. The van der Waals surface area contributed by atoms with Crippen molar-refractivity contribution < 1.29 is 9.47 Å². The van der Waals surface area contributed by atoms with E-state index in [0.717, 1.165) is 24.4 Å². The lowest BCUT2D eigenvalue weighted by Gasteiger charge is -2.30. The summed E-state index contributed by atoms with van der Waals surface area (Å²) in [5.74, 6) is 1.48. The maximum Gasteiger partial charge on any atom is 0.162 e. The monoisotopic (exact) mass is 261 g/mol. The SMILES string of the molecule is COc1cc2c(cc1OC)C1CCCCCN1N=N2. The average molecular weight is 261 g/mol. The fourth-order valence-corrected chi connectivity index (χ4v) is 2.86. The van der Waals surface area contributed by atoms with Crippen molar-refractivity contribution in [2.75, 3.05) is 20.8 Å². The van der Waals surface area contributed by atoms with Gasteiger partial charge in [0.15, 0.2) is 11.5 Å². The summed E-state index contributed by atoms with van der Waals surface area (Å²) >= 11 is 0. The van der Waals surface area contributed by atoms with Crippen LogP contribution in [-0.4, -0.2) is 25.8 Å². The highest BCUT2D eigenvalue weighted by atomic mass is 16.5. The molecular formula is C14H19N3O2. The van der Waals surface area contributed by atoms with Crippen molar-refractivity contribution in [2.45, 2.75) is 31.7 Å². The molecule has 0 saturated carbocycles. The number of ether oxygens (including phenoxy) is 2. The molecular weight excluding hydrogens is 242 g/mol. The first kappa shape index (κ1) is 12.3. The minimum Gasteiger partial charge on any atom is -0.493 e. The van der Waals surface area contributed by atoms with Gasteiger partial charge in [-0.1, -0.05) is 18.1 Å². The lowest BCUT2D eigenvalue weighted by Crippen LogP contribution is -2.24. The van der Waals surface area contributed by atoms with Gasteiger partial charge in [0.25, 0.3) is 0 Å². The van der Waals surface area contributed by atoms with E-state index in [9.17, 15) is 0 Å². The van der Waals surface area contributed by atoms with Gasteiger partial charge in [-0.2, -0.15) is 0 Å². The van der Waals surface area contributed by atoms with E-state index in [4.69, 9.17) is 9.47 Å². The summed E-state index contributed by atoms with van der Waals surface area (Å²) in [4.78, 5) is 0. The fourth-order valence-electron chi connectivity index (χ4n) is 2.86. The van der Waals surface area contributed by atoms with Gasteiger partial charge in [-0.05, 0) is 18.9 Å². The van der Waals surface area contributed by atoms with Crippen LogP contribution in [0.5, 0.6) is 11.5 Å². The topological polar surface area (TPSA) is 46.4 Å². The molecule has 0 bridgehead atoms. The van der Waals surface area contributed by atoms with Crippen molar-refractivity contribution in [3.05, 3.63) is 17.7 Å². The van der Waals surface area contributed by atoms with Gasteiger partial charge in [-0.25, -0.2) is 0 Å². The maximum absolute atomic E-state index is 5.40. The van der Waals surface area contributed by atoms with Crippen molar-refractivity contribution in [3.63, 3.8) is 0 Å². The maximum atomic E-state index is 5.40. The summed E-state index contributed by atoms with van der Waals surface area (Å²) in [7, 11) is 3.31. The number of fused-ring (bicyclic) bond motifs is 3. The van der Waals surface area contributed by atoms with E-state index in [2.05, 4.69) is 21.4 Å². The molecule has 0 N–H and O–H groups in total.